The molecule has 1 aliphatic rings. The fraction of sp³-hybridized carbons (Fsp3) is 0.375. The van der Waals surface area contributed by atoms with E-state index in [1.165, 1.54) is 42.2 Å². The maximum atomic E-state index is 12.6. The zero-order valence-corrected chi connectivity index (χ0v) is 19.0. The molecule has 0 saturated carbocycles. The van der Waals surface area contributed by atoms with E-state index in [4.69, 9.17) is 4.74 Å². The van der Waals surface area contributed by atoms with Crippen LogP contribution in [0.15, 0.2) is 47.6 Å². The van der Waals surface area contributed by atoms with Crippen LogP contribution in [0.3, 0.4) is 0 Å². The van der Waals surface area contributed by atoms with Gasteiger partial charge in [-0.2, -0.15) is 0 Å². The maximum Gasteiger partial charge on any atom is 0.230 e. The summed E-state index contributed by atoms with van der Waals surface area (Å²) >= 11 is 1.39. The Balaban J connectivity index is 1.39. The number of fused-ring (bicyclic) bond motifs is 1. The van der Waals surface area contributed by atoms with Crippen LogP contribution in [-0.2, 0) is 17.6 Å². The van der Waals surface area contributed by atoms with Crippen molar-refractivity contribution in [3.8, 4) is 11.4 Å². The zero-order chi connectivity index (χ0) is 21.8. The highest BCUT2D eigenvalue weighted by Gasteiger charge is 2.17. The average molecular weight is 437 g/mol. The third-order valence-electron chi connectivity index (χ3n) is 5.71. The Morgan fingerprint density at radius 3 is 2.61 bits per heavy atom. The largest absolute Gasteiger partial charge is 0.497 e. The molecule has 1 aliphatic carbocycles. The summed E-state index contributed by atoms with van der Waals surface area (Å²) in [5.74, 6) is 1.83. The van der Waals surface area contributed by atoms with E-state index in [9.17, 15) is 4.79 Å². The van der Waals surface area contributed by atoms with Gasteiger partial charge in [0.25, 0.3) is 0 Å². The van der Waals surface area contributed by atoms with Crippen LogP contribution in [0.2, 0.25) is 0 Å². The normalized spacial score (nSPS) is 14.0. The van der Waals surface area contributed by atoms with Crippen LogP contribution < -0.4 is 10.1 Å². The van der Waals surface area contributed by atoms with E-state index in [1.807, 2.05) is 42.7 Å². The average Bonchev–Trinajstić information content (AvgIpc) is 3.17. The summed E-state index contributed by atoms with van der Waals surface area (Å²) in [6.07, 6.45) is 4.83. The molecule has 0 bridgehead atoms. The van der Waals surface area contributed by atoms with E-state index in [0.29, 0.717) is 5.16 Å². The van der Waals surface area contributed by atoms with Crippen molar-refractivity contribution in [2.24, 2.45) is 0 Å². The third-order valence-corrected chi connectivity index (χ3v) is 6.64. The SMILES string of the molecule is COc1ccc(-n2c(C)nnc2SCC(=O)NC(C)c2ccc3c(c2)CCCC3)cc1. The van der Waals surface area contributed by atoms with Crippen LogP contribution in [0, 0.1) is 6.92 Å². The van der Waals surface area contributed by atoms with Crippen LogP contribution in [-0.4, -0.2) is 33.5 Å². The summed E-state index contributed by atoms with van der Waals surface area (Å²) in [5.41, 5.74) is 4.99. The van der Waals surface area contributed by atoms with Gasteiger partial charge in [-0.1, -0.05) is 30.0 Å². The number of methoxy groups -OCH3 is 1. The van der Waals surface area contributed by atoms with Crippen molar-refractivity contribution >= 4 is 17.7 Å². The molecule has 1 atom stereocenters. The summed E-state index contributed by atoms with van der Waals surface area (Å²) in [7, 11) is 1.64. The molecule has 31 heavy (non-hydrogen) atoms. The van der Waals surface area contributed by atoms with Gasteiger partial charge in [-0.3, -0.25) is 9.36 Å². The summed E-state index contributed by atoms with van der Waals surface area (Å²) in [5, 5.41) is 12.3. The predicted octanol–water partition coefficient (Wildman–Crippen LogP) is 4.43. The van der Waals surface area contributed by atoms with Gasteiger partial charge in [-0.25, -0.2) is 0 Å². The number of hydrogen-bond donors (Lipinski definition) is 1. The Morgan fingerprint density at radius 1 is 1.13 bits per heavy atom. The molecule has 162 valence electrons. The standard InChI is InChI=1S/C24H28N4O2S/c1-16(19-9-8-18-6-4-5-7-20(18)14-19)25-23(29)15-31-24-27-26-17(2)28(24)21-10-12-22(30-3)13-11-21/h8-14,16H,4-7,15H2,1-3H3,(H,25,29). The van der Waals surface area contributed by atoms with Gasteiger partial charge < -0.3 is 10.1 Å². The molecule has 0 aliphatic heterocycles. The highest BCUT2D eigenvalue weighted by molar-refractivity contribution is 7.99. The molecule has 1 N–H and O–H groups in total. The maximum absolute atomic E-state index is 12.6. The lowest BCUT2D eigenvalue weighted by Crippen LogP contribution is -2.28. The number of carbonyl (C=O) groups is 1. The Hall–Kier alpha value is -2.80. The van der Waals surface area contributed by atoms with Gasteiger partial charge in [-0.15, -0.1) is 10.2 Å². The highest BCUT2D eigenvalue weighted by atomic mass is 32.2. The summed E-state index contributed by atoms with van der Waals surface area (Å²) in [4.78, 5) is 12.6. The fourth-order valence-electron chi connectivity index (χ4n) is 3.98. The van der Waals surface area contributed by atoms with Gasteiger partial charge in [0.15, 0.2) is 5.16 Å². The first-order valence-corrected chi connectivity index (χ1v) is 11.6. The minimum absolute atomic E-state index is 0.0165. The minimum Gasteiger partial charge on any atom is -0.497 e. The fourth-order valence-corrected chi connectivity index (χ4v) is 4.79. The van der Waals surface area contributed by atoms with Crippen LogP contribution in [0.5, 0.6) is 5.75 Å². The monoisotopic (exact) mass is 436 g/mol. The highest BCUT2D eigenvalue weighted by Crippen LogP contribution is 2.26. The zero-order valence-electron chi connectivity index (χ0n) is 18.2. The molecule has 0 spiro atoms. The number of nitrogens with one attached hydrogen (secondary N) is 1. The van der Waals surface area contributed by atoms with Crippen molar-refractivity contribution < 1.29 is 9.53 Å². The number of aromatic nitrogens is 3. The number of hydrogen-bond acceptors (Lipinski definition) is 5. The van der Waals surface area contributed by atoms with Gasteiger partial charge in [-0.05, 0) is 80.5 Å². The number of amides is 1. The smallest absolute Gasteiger partial charge is 0.230 e. The quantitative estimate of drug-likeness (QED) is 0.555. The van der Waals surface area contributed by atoms with E-state index >= 15 is 0 Å². The van der Waals surface area contributed by atoms with Crippen LogP contribution in [0.4, 0.5) is 0 Å². The number of aryl methyl sites for hydroxylation is 3. The van der Waals surface area contributed by atoms with Crippen molar-refractivity contribution in [2.75, 3.05) is 12.9 Å². The van der Waals surface area contributed by atoms with Gasteiger partial charge in [0.05, 0.1) is 18.9 Å². The Labute approximate surface area is 187 Å². The molecule has 0 radical (unpaired) electrons. The lowest BCUT2D eigenvalue weighted by molar-refractivity contribution is -0.119. The molecular weight excluding hydrogens is 408 g/mol. The van der Waals surface area contributed by atoms with Crippen molar-refractivity contribution in [3.05, 3.63) is 65.0 Å². The van der Waals surface area contributed by atoms with E-state index in [-0.39, 0.29) is 17.7 Å². The molecule has 3 aromatic rings. The molecule has 0 fully saturated rings. The number of nitrogens with zero attached hydrogens (tertiary/aromatic N) is 3. The first kappa shape index (κ1) is 21.4. The molecule has 1 aromatic heterocycles. The number of carbonyl (C=O) groups excluding carboxylic acids is 1. The molecule has 7 heteroatoms. The summed E-state index contributed by atoms with van der Waals surface area (Å²) in [6, 6.07) is 14.3. The number of benzene rings is 2. The topological polar surface area (TPSA) is 69.0 Å². The summed E-state index contributed by atoms with van der Waals surface area (Å²) in [6.45, 7) is 3.94. The van der Waals surface area contributed by atoms with E-state index in [1.54, 1.807) is 7.11 Å². The molecule has 1 amide bonds. The van der Waals surface area contributed by atoms with Crippen molar-refractivity contribution in [1.29, 1.82) is 0 Å². The first-order chi connectivity index (χ1) is 15.0. The van der Waals surface area contributed by atoms with E-state index in [2.05, 4.69) is 33.7 Å². The van der Waals surface area contributed by atoms with Crippen molar-refractivity contribution in [3.63, 3.8) is 0 Å². The lowest BCUT2D eigenvalue weighted by atomic mass is 9.89. The predicted molar refractivity (Wildman–Crippen MR) is 123 cm³/mol. The molecule has 0 saturated heterocycles. The lowest BCUT2D eigenvalue weighted by Gasteiger charge is -2.20. The second kappa shape index (κ2) is 9.56. The molecular formula is C24H28N4O2S. The number of thioether (sulfide) groups is 1. The van der Waals surface area contributed by atoms with Gasteiger partial charge in [0.2, 0.25) is 5.91 Å². The molecule has 1 heterocycles. The van der Waals surface area contributed by atoms with Crippen molar-refractivity contribution in [1.82, 2.24) is 20.1 Å². The van der Waals surface area contributed by atoms with E-state index in [0.717, 1.165) is 29.2 Å². The Morgan fingerprint density at radius 2 is 1.87 bits per heavy atom. The summed E-state index contributed by atoms with van der Waals surface area (Å²) < 4.78 is 7.18. The van der Waals surface area contributed by atoms with Gasteiger partial charge in [0.1, 0.15) is 11.6 Å². The molecule has 4 rings (SSSR count). The Kier molecular flexibility index (Phi) is 6.61. The van der Waals surface area contributed by atoms with Gasteiger partial charge >= 0.3 is 0 Å². The molecule has 2 aromatic carbocycles. The number of rotatable bonds is 7. The van der Waals surface area contributed by atoms with Crippen molar-refractivity contribution in [2.45, 2.75) is 50.7 Å². The van der Waals surface area contributed by atoms with Crippen LogP contribution in [0.25, 0.3) is 5.69 Å². The molecule has 1 unspecified atom stereocenters. The van der Waals surface area contributed by atoms with Crippen LogP contribution >= 0.6 is 11.8 Å². The third kappa shape index (κ3) is 4.93. The second-order valence-electron chi connectivity index (χ2n) is 7.88. The minimum atomic E-state index is -0.0264. The number of ether oxygens (including phenoxy) is 1. The Bertz CT molecular complexity index is 1060. The van der Waals surface area contributed by atoms with Gasteiger partial charge in [0, 0.05) is 5.69 Å². The van der Waals surface area contributed by atoms with Crippen LogP contribution in [0.1, 0.15) is 48.3 Å². The first-order valence-electron chi connectivity index (χ1n) is 10.7. The second-order valence-corrected chi connectivity index (χ2v) is 8.82. The molecule has 6 nitrogen and oxygen atoms in total. The van der Waals surface area contributed by atoms with E-state index < -0.39 is 0 Å².